The van der Waals surface area contributed by atoms with Crippen molar-refractivity contribution in [3.8, 4) is 0 Å². The van der Waals surface area contributed by atoms with E-state index in [9.17, 15) is 12.8 Å². The van der Waals surface area contributed by atoms with Gasteiger partial charge in [-0.1, -0.05) is 0 Å². The lowest BCUT2D eigenvalue weighted by Gasteiger charge is -2.28. The molecule has 0 spiro atoms. The monoisotopic (exact) mass is 288 g/mol. The molecular weight excluding hydrogens is 271 g/mol. The maximum absolute atomic E-state index is 13.4. The smallest absolute Gasteiger partial charge is 0.241 e. The van der Waals surface area contributed by atoms with E-state index in [0.29, 0.717) is 13.0 Å². The largest absolute Gasteiger partial charge is 0.396 e. The van der Waals surface area contributed by atoms with E-state index in [1.165, 1.54) is 12.1 Å². The molecule has 7 heteroatoms. The van der Waals surface area contributed by atoms with Crippen molar-refractivity contribution in [2.24, 2.45) is 0 Å². The summed E-state index contributed by atoms with van der Waals surface area (Å²) in [6.07, 6.45) is 0.339. The van der Waals surface area contributed by atoms with E-state index < -0.39 is 21.4 Å². The number of ether oxygens (including phenoxy) is 1. The normalized spacial score (nSPS) is 27.6. The van der Waals surface area contributed by atoms with Gasteiger partial charge in [0, 0.05) is 6.61 Å². The predicted molar refractivity (Wildman–Crippen MR) is 69.6 cm³/mol. The minimum atomic E-state index is -3.80. The number of halogens is 1. The summed E-state index contributed by atoms with van der Waals surface area (Å²) in [7, 11) is -3.80. The Kier molecular flexibility index (Phi) is 3.55. The highest BCUT2D eigenvalue weighted by Crippen LogP contribution is 2.27. The fourth-order valence-electron chi connectivity index (χ4n) is 2.01. The molecule has 1 aliphatic heterocycles. The van der Waals surface area contributed by atoms with Crippen LogP contribution in [0.25, 0.3) is 0 Å². The fraction of sp³-hybridized carbons (Fsp3) is 0.500. The van der Waals surface area contributed by atoms with E-state index in [1.54, 1.807) is 13.8 Å². The van der Waals surface area contributed by atoms with Crippen LogP contribution in [0, 0.1) is 5.82 Å². The molecule has 1 aliphatic rings. The Morgan fingerprint density at radius 3 is 2.74 bits per heavy atom. The van der Waals surface area contributed by atoms with Crippen LogP contribution in [0.1, 0.15) is 20.3 Å². The summed E-state index contributed by atoms with van der Waals surface area (Å²) in [5.74, 6) is -0.747. The van der Waals surface area contributed by atoms with Crippen molar-refractivity contribution in [3.63, 3.8) is 0 Å². The van der Waals surface area contributed by atoms with Crippen LogP contribution < -0.4 is 10.5 Å². The van der Waals surface area contributed by atoms with E-state index >= 15 is 0 Å². The number of benzene rings is 1. The zero-order valence-corrected chi connectivity index (χ0v) is 11.6. The molecule has 0 bridgehead atoms. The van der Waals surface area contributed by atoms with Crippen LogP contribution in [0.2, 0.25) is 0 Å². The van der Waals surface area contributed by atoms with Gasteiger partial charge < -0.3 is 10.5 Å². The summed E-state index contributed by atoms with van der Waals surface area (Å²) in [6, 6.07) is 3.44. The van der Waals surface area contributed by atoms with Crippen LogP contribution in [0.15, 0.2) is 23.1 Å². The zero-order valence-electron chi connectivity index (χ0n) is 10.8. The molecule has 0 aliphatic carbocycles. The highest BCUT2D eigenvalue weighted by Gasteiger charge is 2.40. The molecule has 1 fully saturated rings. The molecule has 0 aromatic heterocycles. The molecule has 3 N–H and O–H groups in total. The van der Waals surface area contributed by atoms with Crippen molar-refractivity contribution in [2.45, 2.75) is 36.8 Å². The third-order valence-corrected chi connectivity index (χ3v) is 5.15. The minimum Gasteiger partial charge on any atom is -0.396 e. The molecule has 0 amide bonds. The van der Waals surface area contributed by atoms with Gasteiger partial charge >= 0.3 is 0 Å². The van der Waals surface area contributed by atoms with E-state index in [-0.39, 0.29) is 16.7 Å². The Hall–Kier alpha value is -1.18. The van der Waals surface area contributed by atoms with E-state index in [1.807, 2.05) is 0 Å². The SMILES string of the molecule is CC1OCCC1(C)NS(=O)(=O)c1ccc(N)c(F)c1. The minimum absolute atomic E-state index is 0.0808. The number of anilines is 1. The van der Waals surface area contributed by atoms with Crippen molar-refractivity contribution in [1.82, 2.24) is 4.72 Å². The topological polar surface area (TPSA) is 81.4 Å². The van der Waals surface area contributed by atoms with Gasteiger partial charge in [-0.3, -0.25) is 0 Å². The molecule has 1 aromatic carbocycles. The zero-order chi connectivity index (χ0) is 14.3. The number of hydrogen-bond acceptors (Lipinski definition) is 4. The lowest BCUT2D eigenvalue weighted by Crippen LogP contribution is -2.50. The van der Waals surface area contributed by atoms with Gasteiger partial charge in [-0.25, -0.2) is 17.5 Å². The standard InChI is InChI=1S/C12H17FN2O3S/c1-8-12(2,5-6-18-8)15-19(16,17)9-3-4-11(14)10(13)7-9/h3-4,7-8,15H,5-6,14H2,1-2H3. The van der Waals surface area contributed by atoms with Gasteiger partial charge in [-0.15, -0.1) is 0 Å². The first kappa shape index (κ1) is 14.2. The van der Waals surface area contributed by atoms with E-state index in [2.05, 4.69) is 4.72 Å². The molecule has 1 heterocycles. The third kappa shape index (κ3) is 2.72. The molecule has 2 unspecified atom stereocenters. The summed E-state index contributed by atoms with van der Waals surface area (Å²) in [5, 5.41) is 0. The van der Waals surface area contributed by atoms with Gasteiger partial charge in [0.1, 0.15) is 5.82 Å². The van der Waals surface area contributed by atoms with Crippen LogP contribution in [0.5, 0.6) is 0 Å². The third-order valence-electron chi connectivity index (χ3n) is 3.54. The average Bonchev–Trinajstić information content (AvgIpc) is 2.61. The number of rotatable bonds is 3. The van der Waals surface area contributed by atoms with Crippen LogP contribution in [-0.4, -0.2) is 26.7 Å². The Morgan fingerprint density at radius 2 is 2.21 bits per heavy atom. The Labute approximate surface area is 112 Å². The van der Waals surface area contributed by atoms with Crippen molar-refractivity contribution >= 4 is 15.7 Å². The van der Waals surface area contributed by atoms with E-state index in [4.69, 9.17) is 10.5 Å². The van der Waals surface area contributed by atoms with Gasteiger partial charge in [-0.05, 0) is 38.5 Å². The van der Waals surface area contributed by atoms with Crippen molar-refractivity contribution in [1.29, 1.82) is 0 Å². The molecule has 2 rings (SSSR count). The van der Waals surface area contributed by atoms with Gasteiger partial charge in [0.05, 0.1) is 22.2 Å². The second kappa shape index (κ2) is 4.73. The van der Waals surface area contributed by atoms with Crippen LogP contribution in [0.3, 0.4) is 0 Å². The Bertz CT molecular complexity index is 591. The number of hydrogen-bond donors (Lipinski definition) is 2. The highest BCUT2D eigenvalue weighted by molar-refractivity contribution is 7.89. The molecule has 0 radical (unpaired) electrons. The number of nitrogen functional groups attached to an aromatic ring is 1. The van der Waals surface area contributed by atoms with Crippen LogP contribution in [0.4, 0.5) is 10.1 Å². The fourth-order valence-corrected chi connectivity index (χ4v) is 3.52. The van der Waals surface area contributed by atoms with Gasteiger partial charge in [0.25, 0.3) is 0 Å². The molecule has 1 aromatic rings. The maximum atomic E-state index is 13.4. The van der Waals surface area contributed by atoms with Crippen LogP contribution >= 0.6 is 0 Å². The molecule has 0 saturated carbocycles. The summed E-state index contributed by atoms with van der Waals surface area (Å²) in [4.78, 5) is -0.139. The van der Waals surface area contributed by atoms with E-state index in [0.717, 1.165) is 6.07 Å². The Balaban J connectivity index is 2.30. The first-order chi connectivity index (χ1) is 8.74. The van der Waals surface area contributed by atoms with Crippen LogP contribution in [-0.2, 0) is 14.8 Å². The number of nitrogens with one attached hydrogen (secondary N) is 1. The highest BCUT2D eigenvalue weighted by atomic mass is 32.2. The molecule has 5 nitrogen and oxygen atoms in total. The van der Waals surface area contributed by atoms with Gasteiger partial charge in [0.15, 0.2) is 0 Å². The Morgan fingerprint density at radius 1 is 1.53 bits per heavy atom. The number of nitrogens with two attached hydrogens (primary N) is 1. The summed E-state index contributed by atoms with van der Waals surface area (Å²) < 4.78 is 45.8. The summed E-state index contributed by atoms with van der Waals surface area (Å²) in [6.45, 7) is 4.07. The second-order valence-corrected chi connectivity index (χ2v) is 6.65. The summed E-state index contributed by atoms with van der Waals surface area (Å²) >= 11 is 0. The van der Waals surface area contributed by atoms with Gasteiger partial charge in [-0.2, -0.15) is 0 Å². The van der Waals surface area contributed by atoms with Crippen molar-refractivity contribution in [3.05, 3.63) is 24.0 Å². The molecule has 106 valence electrons. The predicted octanol–water partition coefficient (Wildman–Crippen LogP) is 1.25. The van der Waals surface area contributed by atoms with Crippen molar-refractivity contribution in [2.75, 3.05) is 12.3 Å². The lowest BCUT2D eigenvalue weighted by atomic mass is 9.97. The quantitative estimate of drug-likeness (QED) is 0.820. The first-order valence-electron chi connectivity index (χ1n) is 5.95. The lowest BCUT2D eigenvalue weighted by molar-refractivity contribution is 0.0957. The molecule has 19 heavy (non-hydrogen) atoms. The molecule has 2 atom stereocenters. The second-order valence-electron chi connectivity index (χ2n) is 4.97. The maximum Gasteiger partial charge on any atom is 0.241 e. The molecular formula is C12H17FN2O3S. The molecule has 1 saturated heterocycles. The summed E-state index contributed by atoms with van der Waals surface area (Å²) in [5.41, 5.74) is 4.57. The first-order valence-corrected chi connectivity index (χ1v) is 7.43. The van der Waals surface area contributed by atoms with Crippen molar-refractivity contribution < 1.29 is 17.5 Å². The average molecular weight is 288 g/mol. The van der Waals surface area contributed by atoms with Gasteiger partial charge in [0.2, 0.25) is 10.0 Å². The number of sulfonamides is 1.